The summed E-state index contributed by atoms with van der Waals surface area (Å²) in [5.41, 5.74) is 2.22. The molecule has 0 N–H and O–H groups in total. The molecule has 10 aromatic rings. The van der Waals surface area contributed by atoms with Crippen molar-refractivity contribution in [1.82, 2.24) is 19.5 Å². The molecule has 10 rings (SSSR count). The lowest BCUT2D eigenvalue weighted by molar-refractivity contribution is -0.137. The van der Waals surface area contributed by atoms with Gasteiger partial charge in [-0.1, -0.05) is 152 Å². The molecule has 306 valence electrons. The molecule has 0 aliphatic rings. The molecule has 0 bridgehead atoms. The number of hydrogen-bond donors (Lipinski definition) is 0. The predicted molar refractivity (Wildman–Crippen MR) is 237 cm³/mol. The topological polar surface area (TPSA) is 43.6 Å². The molecule has 8 aromatic carbocycles. The average Bonchev–Trinajstić information content (AvgIpc) is 3.64. The molecule has 10 heteroatoms. The zero-order valence-electron chi connectivity index (χ0n) is 33.0. The van der Waals surface area contributed by atoms with Crippen molar-refractivity contribution >= 4 is 21.8 Å². The maximum absolute atomic E-state index is 15.3. The summed E-state index contributed by atoms with van der Waals surface area (Å²) in [4.78, 5) is 14.5. The van der Waals surface area contributed by atoms with Crippen LogP contribution in [0.5, 0.6) is 0 Å². The smallest absolute Gasteiger partial charge is 0.308 e. The summed E-state index contributed by atoms with van der Waals surface area (Å²) in [5, 5.41) is 1.52. The summed E-state index contributed by atoms with van der Waals surface area (Å²) >= 11 is 0. The molecule has 0 spiro atoms. The third-order valence-electron chi connectivity index (χ3n) is 11.1. The monoisotopic (exact) mass is 838 g/mol. The first-order valence-corrected chi connectivity index (χ1v) is 20.0. The van der Waals surface area contributed by atoms with Gasteiger partial charge in [0.1, 0.15) is 0 Å². The summed E-state index contributed by atoms with van der Waals surface area (Å²) in [6.45, 7) is 0. The van der Waals surface area contributed by atoms with Gasteiger partial charge >= 0.3 is 12.4 Å². The lowest BCUT2D eigenvalue weighted by atomic mass is 9.88. The predicted octanol–water partition coefficient (Wildman–Crippen LogP) is 15.0. The van der Waals surface area contributed by atoms with Crippen LogP contribution < -0.4 is 0 Å². The summed E-state index contributed by atoms with van der Waals surface area (Å²) < 4.78 is 93.5. The average molecular weight is 839 g/mol. The molecule has 0 aliphatic carbocycles. The first-order valence-electron chi connectivity index (χ1n) is 20.0. The van der Waals surface area contributed by atoms with Gasteiger partial charge < -0.3 is 4.57 Å². The number of fused-ring (bicyclic) bond motifs is 3. The summed E-state index contributed by atoms with van der Waals surface area (Å²) in [5.74, 6) is 0.602. The van der Waals surface area contributed by atoms with E-state index in [1.54, 1.807) is 22.8 Å². The van der Waals surface area contributed by atoms with Gasteiger partial charge in [-0.3, -0.25) is 0 Å². The highest BCUT2D eigenvalue weighted by Gasteiger charge is 2.37. The Hall–Kier alpha value is -7.85. The maximum atomic E-state index is 15.3. The zero-order chi connectivity index (χ0) is 43.3. The van der Waals surface area contributed by atoms with Gasteiger partial charge in [-0.15, -0.1) is 0 Å². The van der Waals surface area contributed by atoms with Crippen molar-refractivity contribution in [2.45, 2.75) is 12.4 Å². The Bertz CT molecular complexity index is 3170. The van der Waals surface area contributed by atoms with Crippen molar-refractivity contribution in [3.63, 3.8) is 0 Å². The number of nitrogens with zero attached hydrogens (tertiary/aromatic N) is 4. The zero-order valence-corrected chi connectivity index (χ0v) is 33.0. The van der Waals surface area contributed by atoms with Crippen LogP contribution in [0.25, 0.3) is 95.0 Å². The van der Waals surface area contributed by atoms with Gasteiger partial charge in [0.05, 0.1) is 27.8 Å². The second-order valence-corrected chi connectivity index (χ2v) is 15.0. The van der Waals surface area contributed by atoms with Crippen LogP contribution >= 0.6 is 0 Å². The van der Waals surface area contributed by atoms with Crippen LogP contribution in [0.15, 0.2) is 194 Å². The standard InChI is InChI=1S/C53H32F6N4/c54-52(55,56)44-25-13-10-22-38(44)42-31-37(51-61-49(34-18-6-2-7-19-34)60-50(62-51)35-20-8-3-9-21-35)32-43(39-23-11-14-26-45(39)53(57,58)59)48(42)63-46-27-15-12-24-40(46)41-30-36(28-29-47(41)63)33-16-4-1-5-17-33/h1-32H. The summed E-state index contributed by atoms with van der Waals surface area (Å²) in [6.07, 6.45) is -9.68. The molecule has 0 unspecified atom stereocenters. The fourth-order valence-electron chi connectivity index (χ4n) is 8.31. The fraction of sp³-hybridized carbons (Fsp3) is 0.0377. The van der Waals surface area contributed by atoms with E-state index >= 15 is 26.3 Å². The van der Waals surface area contributed by atoms with Crippen LogP contribution in [0.4, 0.5) is 26.3 Å². The maximum Gasteiger partial charge on any atom is 0.417 e. The lowest BCUT2D eigenvalue weighted by Crippen LogP contribution is -2.11. The molecule has 0 radical (unpaired) electrons. The van der Waals surface area contributed by atoms with Crippen LogP contribution in [0, 0.1) is 0 Å². The van der Waals surface area contributed by atoms with Crippen molar-refractivity contribution in [3.05, 3.63) is 205 Å². The molecule has 4 nitrogen and oxygen atoms in total. The van der Waals surface area contributed by atoms with Gasteiger partial charge in [-0.25, -0.2) is 15.0 Å². The van der Waals surface area contributed by atoms with E-state index in [4.69, 9.17) is 15.0 Å². The van der Waals surface area contributed by atoms with Crippen molar-refractivity contribution in [1.29, 1.82) is 0 Å². The molecule has 0 atom stereocenters. The number of para-hydroxylation sites is 1. The van der Waals surface area contributed by atoms with E-state index in [0.29, 0.717) is 22.2 Å². The summed E-state index contributed by atoms with van der Waals surface area (Å²) in [6, 6.07) is 54.5. The van der Waals surface area contributed by atoms with Crippen molar-refractivity contribution < 1.29 is 26.3 Å². The second-order valence-electron chi connectivity index (χ2n) is 15.0. The van der Waals surface area contributed by atoms with Gasteiger partial charge in [-0.2, -0.15) is 26.3 Å². The minimum Gasteiger partial charge on any atom is -0.308 e. The first kappa shape index (κ1) is 39.3. The van der Waals surface area contributed by atoms with Gasteiger partial charge in [0.25, 0.3) is 0 Å². The Balaban J connectivity index is 1.38. The molecule has 63 heavy (non-hydrogen) atoms. The van der Waals surface area contributed by atoms with E-state index in [0.717, 1.165) is 34.0 Å². The van der Waals surface area contributed by atoms with Crippen molar-refractivity contribution in [2.75, 3.05) is 0 Å². The normalized spacial score (nSPS) is 12.0. The van der Waals surface area contributed by atoms with E-state index < -0.39 is 23.5 Å². The largest absolute Gasteiger partial charge is 0.417 e. The number of benzene rings is 8. The fourth-order valence-corrected chi connectivity index (χ4v) is 8.31. The Morgan fingerprint density at radius 1 is 0.317 bits per heavy atom. The highest BCUT2D eigenvalue weighted by molar-refractivity contribution is 6.12. The summed E-state index contributed by atoms with van der Waals surface area (Å²) in [7, 11) is 0. The lowest BCUT2D eigenvalue weighted by Gasteiger charge is -2.24. The van der Waals surface area contributed by atoms with E-state index in [1.165, 1.54) is 36.4 Å². The van der Waals surface area contributed by atoms with Crippen LogP contribution in [0.3, 0.4) is 0 Å². The molecule has 2 heterocycles. The van der Waals surface area contributed by atoms with Crippen LogP contribution in [-0.4, -0.2) is 19.5 Å². The molecule has 0 amide bonds. The van der Waals surface area contributed by atoms with Gasteiger partial charge in [0, 0.05) is 38.6 Å². The number of halogens is 6. The van der Waals surface area contributed by atoms with Gasteiger partial charge in [0.15, 0.2) is 17.5 Å². The minimum absolute atomic E-state index is 0.0186. The quantitative estimate of drug-likeness (QED) is 0.150. The molecule has 2 aromatic heterocycles. The first-order chi connectivity index (χ1) is 30.5. The van der Waals surface area contributed by atoms with Gasteiger partial charge in [0.2, 0.25) is 0 Å². The molecule has 0 saturated heterocycles. The van der Waals surface area contributed by atoms with E-state index in [2.05, 4.69) is 0 Å². The van der Waals surface area contributed by atoms with Crippen molar-refractivity contribution in [2.24, 2.45) is 0 Å². The van der Waals surface area contributed by atoms with Crippen molar-refractivity contribution in [3.8, 4) is 73.2 Å². The number of aromatic nitrogens is 4. The molecule has 0 aliphatic heterocycles. The Labute approximate surface area is 357 Å². The second kappa shape index (κ2) is 15.6. The number of alkyl halides is 6. The molecular formula is C53H32F6N4. The Morgan fingerprint density at radius 2 is 0.730 bits per heavy atom. The van der Waals surface area contributed by atoms with Gasteiger partial charge in [-0.05, 0) is 64.7 Å². The third-order valence-corrected chi connectivity index (χ3v) is 11.1. The Kier molecular flexibility index (Phi) is 9.71. The Morgan fingerprint density at radius 3 is 1.24 bits per heavy atom. The molecule has 0 fully saturated rings. The molecule has 0 saturated carbocycles. The molecular weight excluding hydrogens is 807 g/mol. The minimum atomic E-state index is -4.84. The van der Waals surface area contributed by atoms with Crippen LogP contribution in [0.1, 0.15) is 11.1 Å². The van der Waals surface area contributed by atoms with E-state index in [9.17, 15) is 0 Å². The van der Waals surface area contributed by atoms with Crippen LogP contribution in [-0.2, 0) is 12.4 Å². The number of rotatable bonds is 7. The van der Waals surface area contributed by atoms with E-state index in [-0.39, 0.29) is 51.0 Å². The number of hydrogen-bond acceptors (Lipinski definition) is 3. The van der Waals surface area contributed by atoms with E-state index in [1.807, 2.05) is 127 Å². The highest BCUT2D eigenvalue weighted by atomic mass is 19.4. The van der Waals surface area contributed by atoms with Crippen LogP contribution in [0.2, 0.25) is 0 Å². The highest BCUT2D eigenvalue weighted by Crippen LogP contribution is 2.49. The SMILES string of the molecule is FC(F)(F)c1ccccc1-c1cc(-c2nc(-c3ccccc3)nc(-c3ccccc3)n2)cc(-c2ccccc2C(F)(F)F)c1-n1c2ccccc2c2cc(-c3ccccc3)ccc21. The third kappa shape index (κ3) is 7.29.